The third-order valence-electron chi connectivity index (χ3n) is 4.54. The van der Waals surface area contributed by atoms with Gasteiger partial charge in [-0.3, -0.25) is 14.4 Å². The smallest absolute Gasteiger partial charge is 0.326 e. The van der Waals surface area contributed by atoms with Gasteiger partial charge in [-0.1, -0.05) is 30.3 Å². The molecular formula is C20H26N6O5. The van der Waals surface area contributed by atoms with Crippen molar-refractivity contribution in [1.29, 1.82) is 0 Å². The summed E-state index contributed by atoms with van der Waals surface area (Å²) < 4.78 is 0. The van der Waals surface area contributed by atoms with Gasteiger partial charge in [-0.25, -0.2) is 9.78 Å². The minimum absolute atomic E-state index is 0.122. The molecule has 0 aliphatic rings. The molecule has 0 aliphatic carbocycles. The van der Waals surface area contributed by atoms with E-state index in [-0.39, 0.29) is 25.7 Å². The van der Waals surface area contributed by atoms with Crippen molar-refractivity contribution in [2.24, 2.45) is 11.5 Å². The Morgan fingerprint density at radius 2 is 1.71 bits per heavy atom. The zero-order valence-electron chi connectivity index (χ0n) is 16.8. The summed E-state index contributed by atoms with van der Waals surface area (Å²) in [6.07, 6.45) is 2.93. The number of H-pyrrole nitrogens is 1. The van der Waals surface area contributed by atoms with E-state index in [2.05, 4.69) is 20.6 Å². The number of aromatic amines is 1. The molecule has 31 heavy (non-hydrogen) atoms. The summed E-state index contributed by atoms with van der Waals surface area (Å²) in [5.41, 5.74) is 12.4. The molecule has 1 aromatic carbocycles. The number of carbonyl (C=O) groups excluding carboxylic acids is 3. The number of nitrogens with one attached hydrogen (secondary N) is 3. The average molecular weight is 430 g/mol. The Kier molecular flexibility index (Phi) is 8.70. The van der Waals surface area contributed by atoms with E-state index in [1.165, 1.54) is 12.5 Å². The molecule has 0 saturated carbocycles. The predicted molar refractivity (Wildman–Crippen MR) is 110 cm³/mol. The SMILES string of the molecule is NC(=O)CCC(NC(=O)C(Cc1ccccc1)NC(=O)C(N)Cc1cnc[nH]1)C(=O)O. The molecule has 3 atom stereocenters. The fraction of sp³-hybridized carbons (Fsp3) is 0.350. The monoisotopic (exact) mass is 430 g/mol. The summed E-state index contributed by atoms with van der Waals surface area (Å²) in [5, 5.41) is 14.3. The van der Waals surface area contributed by atoms with Crippen molar-refractivity contribution in [2.45, 2.75) is 43.8 Å². The first-order chi connectivity index (χ1) is 14.8. The molecule has 2 rings (SSSR count). The third-order valence-corrected chi connectivity index (χ3v) is 4.54. The Morgan fingerprint density at radius 1 is 1.03 bits per heavy atom. The van der Waals surface area contributed by atoms with E-state index < -0.39 is 41.8 Å². The fourth-order valence-electron chi connectivity index (χ4n) is 2.88. The molecule has 8 N–H and O–H groups in total. The Hall–Kier alpha value is -3.73. The van der Waals surface area contributed by atoms with Crippen LogP contribution < -0.4 is 22.1 Å². The normalized spacial score (nSPS) is 13.6. The van der Waals surface area contributed by atoms with Crippen molar-refractivity contribution in [3.8, 4) is 0 Å². The lowest BCUT2D eigenvalue weighted by Gasteiger charge is -2.23. The molecule has 11 heteroatoms. The predicted octanol–water partition coefficient (Wildman–Crippen LogP) is -1.16. The van der Waals surface area contributed by atoms with Crippen LogP contribution in [0.2, 0.25) is 0 Å². The van der Waals surface area contributed by atoms with Crippen LogP contribution >= 0.6 is 0 Å². The molecule has 3 unspecified atom stereocenters. The van der Waals surface area contributed by atoms with Crippen LogP contribution in [0.5, 0.6) is 0 Å². The number of hydrogen-bond donors (Lipinski definition) is 6. The highest BCUT2D eigenvalue weighted by Gasteiger charge is 2.28. The molecule has 2 aromatic rings. The van der Waals surface area contributed by atoms with E-state index in [4.69, 9.17) is 11.5 Å². The number of primary amides is 1. The number of rotatable bonds is 12. The number of nitrogens with zero attached hydrogens (tertiary/aromatic N) is 1. The van der Waals surface area contributed by atoms with Gasteiger partial charge in [0.05, 0.1) is 12.4 Å². The molecule has 1 heterocycles. The van der Waals surface area contributed by atoms with E-state index in [9.17, 15) is 24.3 Å². The van der Waals surface area contributed by atoms with E-state index in [1.54, 1.807) is 24.3 Å². The number of hydrogen-bond acceptors (Lipinski definition) is 6. The summed E-state index contributed by atoms with van der Waals surface area (Å²) in [7, 11) is 0. The van der Waals surface area contributed by atoms with Gasteiger partial charge in [0.1, 0.15) is 12.1 Å². The molecule has 0 bridgehead atoms. The van der Waals surface area contributed by atoms with Crippen molar-refractivity contribution >= 4 is 23.7 Å². The number of carboxylic acid groups (broad SMARTS) is 1. The van der Waals surface area contributed by atoms with Gasteiger partial charge >= 0.3 is 5.97 Å². The van der Waals surface area contributed by atoms with Crippen molar-refractivity contribution < 1.29 is 24.3 Å². The van der Waals surface area contributed by atoms with Gasteiger partial charge < -0.3 is 32.2 Å². The summed E-state index contributed by atoms with van der Waals surface area (Å²) >= 11 is 0. The summed E-state index contributed by atoms with van der Waals surface area (Å²) in [5.74, 6) is -3.27. The maximum atomic E-state index is 12.8. The first-order valence-electron chi connectivity index (χ1n) is 9.65. The molecule has 11 nitrogen and oxygen atoms in total. The fourth-order valence-corrected chi connectivity index (χ4v) is 2.88. The number of imidazole rings is 1. The van der Waals surface area contributed by atoms with Gasteiger partial charge in [0, 0.05) is 31.2 Å². The Bertz CT molecular complexity index is 887. The van der Waals surface area contributed by atoms with Crippen LogP contribution in [-0.4, -0.2) is 56.9 Å². The quantitative estimate of drug-likeness (QED) is 0.244. The Balaban J connectivity index is 2.10. The minimum atomic E-state index is -1.33. The molecule has 0 fully saturated rings. The molecule has 1 aromatic heterocycles. The van der Waals surface area contributed by atoms with Crippen LogP contribution in [-0.2, 0) is 32.0 Å². The lowest BCUT2D eigenvalue weighted by Crippen LogP contribution is -2.55. The maximum Gasteiger partial charge on any atom is 0.326 e. The molecule has 0 radical (unpaired) electrons. The largest absolute Gasteiger partial charge is 0.480 e. The zero-order valence-corrected chi connectivity index (χ0v) is 16.8. The number of nitrogens with two attached hydrogens (primary N) is 2. The van der Waals surface area contributed by atoms with Crippen LogP contribution in [0.1, 0.15) is 24.1 Å². The standard InChI is InChI=1S/C20H26N6O5/c21-14(9-13-10-23-11-24-13)18(28)26-16(8-12-4-2-1-3-5-12)19(29)25-15(20(30)31)6-7-17(22)27/h1-5,10-11,14-16H,6-9,21H2,(H2,22,27)(H,23,24)(H,25,29)(H,26,28)(H,30,31). The van der Waals surface area contributed by atoms with E-state index >= 15 is 0 Å². The Labute approximate surface area is 178 Å². The lowest BCUT2D eigenvalue weighted by molar-refractivity contribution is -0.142. The lowest BCUT2D eigenvalue weighted by atomic mass is 10.0. The second kappa shape index (κ2) is 11.5. The number of aromatic nitrogens is 2. The van der Waals surface area contributed by atoms with E-state index in [0.29, 0.717) is 5.69 Å². The second-order valence-corrected chi connectivity index (χ2v) is 7.04. The van der Waals surface area contributed by atoms with Crippen molar-refractivity contribution in [2.75, 3.05) is 0 Å². The van der Waals surface area contributed by atoms with Crippen LogP contribution in [0, 0.1) is 0 Å². The maximum absolute atomic E-state index is 12.8. The molecule has 0 aliphatic heterocycles. The van der Waals surface area contributed by atoms with Gasteiger partial charge in [0.15, 0.2) is 0 Å². The highest BCUT2D eigenvalue weighted by atomic mass is 16.4. The first-order valence-corrected chi connectivity index (χ1v) is 9.65. The number of carbonyl (C=O) groups is 4. The number of amides is 3. The van der Waals surface area contributed by atoms with Crippen molar-refractivity contribution in [1.82, 2.24) is 20.6 Å². The van der Waals surface area contributed by atoms with Gasteiger partial charge in [-0.15, -0.1) is 0 Å². The molecule has 166 valence electrons. The molecule has 3 amide bonds. The molecule has 0 spiro atoms. The van der Waals surface area contributed by atoms with Crippen LogP contribution in [0.15, 0.2) is 42.9 Å². The second-order valence-electron chi connectivity index (χ2n) is 7.04. The van der Waals surface area contributed by atoms with Gasteiger partial charge in [0.2, 0.25) is 17.7 Å². The molecule has 0 saturated heterocycles. The highest BCUT2D eigenvalue weighted by molar-refractivity contribution is 5.92. The summed E-state index contributed by atoms with van der Waals surface area (Å²) in [6.45, 7) is 0. The van der Waals surface area contributed by atoms with Crippen LogP contribution in [0.4, 0.5) is 0 Å². The summed E-state index contributed by atoms with van der Waals surface area (Å²) in [4.78, 5) is 54.5. The van der Waals surface area contributed by atoms with Gasteiger partial charge in [-0.2, -0.15) is 0 Å². The van der Waals surface area contributed by atoms with E-state index in [0.717, 1.165) is 5.56 Å². The summed E-state index contributed by atoms with van der Waals surface area (Å²) in [6, 6.07) is 5.58. The number of carboxylic acids is 1. The van der Waals surface area contributed by atoms with Crippen LogP contribution in [0.25, 0.3) is 0 Å². The molecular weight excluding hydrogens is 404 g/mol. The van der Waals surface area contributed by atoms with Crippen molar-refractivity contribution in [3.63, 3.8) is 0 Å². The number of aliphatic carboxylic acids is 1. The first kappa shape index (κ1) is 23.5. The third kappa shape index (κ3) is 7.90. The minimum Gasteiger partial charge on any atom is -0.480 e. The highest BCUT2D eigenvalue weighted by Crippen LogP contribution is 2.06. The topological polar surface area (TPSA) is 193 Å². The van der Waals surface area contributed by atoms with Crippen LogP contribution in [0.3, 0.4) is 0 Å². The number of benzene rings is 1. The Morgan fingerprint density at radius 3 is 2.29 bits per heavy atom. The zero-order chi connectivity index (χ0) is 22.8. The van der Waals surface area contributed by atoms with Gasteiger partial charge in [0.25, 0.3) is 0 Å². The van der Waals surface area contributed by atoms with E-state index in [1.807, 2.05) is 6.07 Å². The average Bonchev–Trinajstić information content (AvgIpc) is 3.23. The van der Waals surface area contributed by atoms with Crippen molar-refractivity contribution in [3.05, 3.63) is 54.1 Å². The van der Waals surface area contributed by atoms with Gasteiger partial charge in [-0.05, 0) is 12.0 Å².